The molecule has 14 heteroatoms. The van der Waals surface area contributed by atoms with Crippen molar-refractivity contribution in [3.63, 3.8) is 0 Å². The summed E-state index contributed by atoms with van der Waals surface area (Å²) in [4.78, 5) is 30.8. The van der Waals surface area contributed by atoms with E-state index in [1.165, 1.54) is 31.5 Å². The number of amides is 1. The minimum atomic E-state index is -4.52. The van der Waals surface area contributed by atoms with Crippen molar-refractivity contribution in [3.05, 3.63) is 82.7 Å². The Labute approximate surface area is 234 Å². The first kappa shape index (κ1) is 28.0. The Kier molecular flexibility index (Phi) is 7.88. The SMILES string of the molecule is COC1(COc2ccc(S(=O)(=O)NC(=O)c3ccccc3Oc3cnc4[nH]ccc4c3)cc2[N+](=O)[O-])CCOCC1. The number of fused-ring (bicyclic) bond motifs is 1. The van der Waals surface area contributed by atoms with Crippen molar-refractivity contribution < 1.29 is 37.1 Å². The number of aromatic nitrogens is 2. The molecular formula is C27H26N4O9S. The molecule has 0 saturated carbocycles. The van der Waals surface area contributed by atoms with E-state index in [0.717, 1.165) is 17.5 Å². The lowest BCUT2D eigenvalue weighted by Crippen LogP contribution is -2.43. The van der Waals surface area contributed by atoms with Gasteiger partial charge in [-0.25, -0.2) is 18.1 Å². The normalized spacial score (nSPS) is 14.9. The minimum Gasteiger partial charge on any atom is -0.484 e. The number of methoxy groups -OCH3 is 1. The van der Waals surface area contributed by atoms with Crippen molar-refractivity contribution in [1.82, 2.24) is 14.7 Å². The molecule has 13 nitrogen and oxygen atoms in total. The molecule has 0 radical (unpaired) electrons. The van der Waals surface area contributed by atoms with Crippen LogP contribution in [0.4, 0.5) is 5.69 Å². The summed E-state index contributed by atoms with van der Waals surface area (Å²) >= 11 is 0. The largest absolute Gasteiger partial charge is 0.484 e. The second-order valence-corrected chi connectivity index (χ2v) is 11.0. The molecule has 3 heterocycles. The van der Waals surface area contributed by atoms with Gasteiger partial charge < -0.3 is 23.9 Å². The number of H-pyrrole nitrogens is 1. The number of nitro groups is 1. The van der Waals surface area contributed by atoms with E-state index >= 15 is 0 Å². The summed E-state index contributed by atoms with van der Waals surface area (Å²) in [5.74, 6) is -0.690. The third kappa shape index (κ3) is 6.14. The maximum Gasteiger partial charge on any atom is 0.312 e. The van der Waals surface area contributed by atoms with Crippen LogP contribution >= 0.6 is 0 Å². The maximum absolute atomic E-state index is 13.1. The molecule has 1 saturated heterocycles. The summed E-state index contributed by atoms with van der Waals surface area (Å²) in [5, 5.41) is 12.6. The molecule has 0 atom stereocenters. The lowest BCUT2D eigenvalue weighted by molar-refractivity contribution is -0.386. The van der Waals surface area contributed by atoms with Crippen molar-refractivity contribution >= 4 is 32.7 Å². The van der Waals surface area contributed by atoms with Gasteiger partial charge in [-0.1, -0.05) is 12.1 Å². The molecule has 0 spiro atoms. The van der Waals surface area contributed by atoms with Gasteiger partial charge in [0, 0.05) is 50.8 Å². The fraction of sp³-hybridized carbons (Fsp3) is 0.259. The quantitative estimate of drug-likeness (QED) is 0.206. The van der Waals surface area contributed by atoms with E-state index in [-0.39, 0.29) is 23.7 Å². The van der Waals surface area contributed by atoms with Crippen molar-refractivity contribution in [2.45, 2.75) is 23.3 Å². The van der Waals surface area contributed by atoms with Gasteiger partial charge in [-0.05, 0) is 36.4 Å². The Bertz CT molecular complexity index is 1700. The number of ether oxygens (including phenoxy) is 4. The van der Waals surface area contributed by atoms with Gasteiger partial charge in [0.15, 0.2) is 5.75 Å². The number of nitrogens with zero attached hydrogens (tertiary/aromatic N) is 2. The van der Waals surface area contributed by atoms with Crippen molar-refractivity contribution in [2.24, 2.45) is 0 Å². The third-order valence-corrected chi connectivity index (χ3v) is 8.06. The molecule has 0 aliphatic carbocycles. The molecule has 41 heavy (non-hydrogen) atoms. The smallest absolute Gasteiger partial charge is 0.312 e. The maximum atomic E-state index is 13.1. The van der Waals surface area contributed by atoms with Gasteiger partial charge in [0.2, 0.25) is 0 Å². The number of carbonyl (C=O) groups excluding carboxylic acids is 1. The van der Waals surface area contributed by atoms with Gasteiger partial charge >= 0.3 is 5.69 Å². The van der Waals surface area contributed by atoms with Crippen LogP contribution in [-0.4, -0.2) is 61.7 Å². The molecular weight excluding hydrogens is 556 g/mol. The number of sulfonamides is 1. The van der Waals surface area contributed by atoms with Gasteiger partial charge in [-0.2, -0.15) is 0 Å². The van der Waals surface area contributed by atoms with E-state index in [1.807, 2.05) is 4.72 Å². The average Bonchev–Trinajstić information content (AvgIpc) is 3.44. The van der Waals surface area contributed by atoms with Gasteiger partial charge in [0.25, 0.3) is 15.9 Å². The van der Waals surface area contributed by atoms with E-state index in [2.05, 4.69) is 9.97 Å². The molecule has 0 bridgehead atoms. The van der Waals surface area contributed by atoms with Crippen LogP contribution in [-0.2, 0) is 19.5 Å². The second kappa shape index (κ2) is 11.5. The van der Waals surface area contributed by atoms with Crippen molar-refractivity contribution in [3.8, 4) is 17.2 Å². The van der Waals surface area contributed by atoms with E-state index in [4.69, 9.17) is 18.9 Å². The molecule has 2 aromatic heterocycles. The number of rotatable bonds is 10. The number of para-hydroxylation sites is 1. The highest BCUT2D eigenvalue weighted by molar-refractivity contribution is 7.90. The molecule has 1 aliphatic rings. The molecule has 2 aromatic carbocycles. The van der Waals surface area contributed by atoms with Crippen LogP contribution in [0.25, 0.3) is 11.0 Å². The van der Waals surface area contributed by atoms with E-state index < -0.39 is 37.0 Å². The Morgan fingerprint density at radius 3 is 2.68 bits per heavy atom. The standard InChI is InChI=1S/C27H26N4O9S/c1-37-27(9-12-38-13-10-27)17-39-24-7-6-20(15-22(24)31(33)34)41(35,36)30-26(32)21-4-2-3-5-23(21)40-19-14-18-8-11-28-25(18)29-16-19/h2-8,11,14-16H,9-10,12-13,17H2,1H3,(H,28,29)(H,30,32). The molecule has 5 rings (SSSR count). The monoisotopic (exact) mass is 582 g/mol. The van der Waals surface area contributed by atoms with Crippen molar-refractivity contribution in [2.75, 3.05) is 26.9 Å². The second-order valence-electron chi connectivity index (χ2n) is 9.29. The number of hydrogen-bond acceptors (Lipinski definition) is 10. The topological polar surface area (TPSA) is 172 Å². The number of nitrogens with one attached hydrogen (secondary N) is 2. The van der Waals surface area contributed by atoms with E-state index in [0.29, 0.717) is 37.5 Å². The van der Waals surface area contributed by atoms with Gasteiger partial charge in [-0.3, -0.25) is 14.9 Å². The van der Waals surface area contributed by atoms with Crippen LogP contribution in [0.3, 0.4) is 0 Å². The van der Waals surface area contributed by atoms with Crippen LogP contribution in [0.1, 0.15) is 23.2 Å². The molecule has 4 aromatic rings. The van der Waals surface area contributed by atoms with Crippen LogP contribution < -0.4 is 14.2 Å². The molecule has 214 valence electrons. The fourth-order valence-electron chi connectivity index (χ4n) is 4.37. The number of aromatic amines is 1. The van der Waals surface area contributed by atoms with Gasteiger partial charge in [0.05, 0.1) is 21.6 Å². The Morgan fingerprint density at radius 2 is 1.93 bits per heavy atom. The number of carbonyl (C=O) groups is 1. The van der Waals surface area contributed by atoms with E-state index in [9.17, 15) is 23.3 Å². The molecule has 1 fully saturated rings. The molecule has 0 unspecified atom stereocenters. The van der Waals surface area contributed by atoms with Crippen LogP contribution in [0, 0.1) is 10.1 Å². The first-order valence-corrected chi connectivity index (χ1v) is 14.0. The average molecular weight is 583 g/mol. The summed E-state index contributed by atoms with van der Waals surface area (Å²) in [6, 6.07) is 12.7. The van der Waals surface area contributed by atoms with E-state index in [1.54, 1.807) is 30.5 Å². The number of pyridine rings is 1. The summed E-state index contributed by atoms with van der Waals surface area (Å²) < 4.78 is 50.7. The number of nitro benzene ring substituents is 1. The predicted octanol–water partition coefficient (Wildman–Crippen LogP) is 3.96. The fourth-order valence-corrected chi connectivity index (χ4v) is 5.36. The van der Waals surface area contributed by atoms with Crippen LogP contribution in [0.5, 0.6) is 17.2 Å². The van der Waals surface area contributed by atoms with Gasteiger partial charge in [-0.15, -0.1) is 0 Å². The summed E-state index contributed by atoms with van der Waals surface area (Å²) in [5.41, 5.74) is -0.665. The van der Waals surface area contributed by atoms with Crippen molar-refractivity contribution in [1.29, 1.82) is 0 Å². The highest BCUT2D eigenvalue weighted by Gasteiger charge is 2.34. The summed E-state index contributed by atoms with van der Waals surface area (Å²) in [7, 11) is -2.99. The highest BCUT2D eigenvalue weighted by Crippen LogP contribution is 2.33. The zero-order chi connectivity index (χ0) is 29.0. The van der Waals surface area contributed by atoms with Crippen LogP contribution in [0.2, 0.25) is 0 Å². The first-order valence-electron chi connectivity index (χ1n) is 12.5. The van der Waals surface area contributed by atoms with Crippen LogP contribution in [0.15, 0.2) is 71.9 Å². The lowest BCUT2D eigenvalue weighted by Gasteiger charge is -2.35. The molecule has 2 N–H and O–H groups in total. The Balaban J connectivity index is 1.34. The summed E-state index contributed by atoms with van der Waals surface area (Å²) in [6.07, 6.45) is 4.26. The number of benzene rings is 2. The van der Waals surface area contributed by atoms with Gasteiger partial charge in [0.1, 0.15) is 29.4 Å². The zero-order valence-electron chi connectivity index (χ0n) is 21.9. The first-order chi connectivity index (χ1) is 19.7. The molecule has 1 aliphatic heterocycles. The highest BCUT2D eigenvalue weighted by atomic mass is 32.2. The lowest BCUT2D eigenvalue weighted by atomic mass is 9.95. The Morgan fingerprint density at radius 1 is 1.15 bits per heavy atom. The predicted molar refractivity (Wildman–Crippen MR) is 146 cm³/mol. The number of hydrogen-bond donors (Lipinski definition) is 2. The Hall–Kier alpha value is -4.53. The zero-order valence-corrected chi connectivity index (χ0v) is 22.7. The minimum absolute atomic E-state index is 0.0137. The molecule has 1 amide bonds. The third-order valence-electron chi connectivity index (χ3n) is 6.73. The summed E-state index contributed by atoms with van der Waals surface area (Å²) in [6.45, 7) is 0.937.